The standard InChI is InChI=1S/C16H12F3NOS2/c1-2-23(21)14-6-4-3-5-11(14)15-20-12-9-10(16(17,18)19)7-8-13(12)22-15/h3-9H,2H2,1H3. The fraction of sp³-hybridized carbons (Fsp3) is 0.188. The molecule has 0 fully saturated rings. The van der Waals surface area contributed by atoms with Gasteiger partial charge < -0.3 is 4.55 Å². The second-order valence-electron chi connectivity index (χ2n) is 4.83. The van der Waals surface area contributed by atoms with E-state index >= 15 is 0 Å². The van der Waals surface area contributed by atoms with Crippen molar-refractivity contribution in [1.82, 2.24) is 4.98 Å². The quantitative estimate of drug-likeness (QED) is 0.612. The van der Waals surface area contributed by atoms with Crippen molar-refractivity contribution in [2.75, 3.05) is 5.75 Å². The van der Waals surface area contributed by atoms with Crippen LogP contribution in [0.3, 0.4) is 0 Å². The Morgan fingerprint density at radius 1 is 1.17 bits per heavy atom. The number of hydrogen-bond donors (Lipinski definition) is 0. The average molecular weight is 355 g/mol. The molecule has 2 aromatic carbocycles. The fourth-order valence-corrected chi connectivity index (χ4v) is 4.22. The summed E-state index contributed by atoms with van der Waals surface area (Å²) in [6.45, 7) is 1.82. The molecule has 120 valence electrons. The number of nitrogens with zero attached hydrogens (tertiary/aromatic N) is 1. The zero-order valence-electron chi connectivity index (χ0n) is 12.1. The normalized spacial score (nSPS) is 13.4. The van der Waals surface area contributed by atoms with E-state index < -0.39 is 22.9 Å². The lowest BCUT2D eigenvalue weighted by Gasteiger charge is -2.10. The highest BCUT2D eigenvalue weighted by atomic mass is 32.2. The van der Waals surface area contributed by atoms with Gasteiger partial charge in [0.05, 0.1) is 21.3 Å². The molecule has 7 heteroatoms. The van der Waals surface area contributed by atoms with Crippen molar-refractivity contribution < 1.29 is 17.7 Å². The fourth-order valence-electron chi connectivity index (χ4n) is 2.22. The highest BCUT2D eigenvalue weighted by Crippen LogP contribution is 2.37. The predicted molar refractivity (Wildman–Crippen MR) is 87.0 cm³/mol. The van der Waals surface area contributed by atoms with E-state index in [1.807, 2.05) is 6.92 Å². The van der Waals surface area contributed by atoms with Crippen LogP contribution in [0.1, 0.15) is 12.5 Å². The lowest BCUT2D eigenvalue weighted by Crippen LogP contribution is -2.05. The maximum Gasteiger partial charge on any atom is 0.416 e. The summed E-state index contributed by atoms with van der Waals surface area (Å²) in [6, 6.07) is 10.7. The van der Waals surface area contributed by atoms with E-state index in [1.54, 1.807) is 24.3 Å². The molecule has 3 aromatic rings. The van der Waals surface area contributed by atoms with Crippen molar-refractivity contribution in [2.45, 2.75) is 18.0 Å². The molecule has 1 aromatic heterocycles. The molecule has 0 aliphatic heterocycles. The van der Waals surface area contributed by atoms with Gasteiger partial charge in [-0.1, -0.05) is 12.1 Å². The molecule has 1 heterocycles. The molecule has 23 heavy (non-hydrogen) atoms. The van der Waals surface area contributed by atoms with Gasteiger partial charge in [0.25, 0.3) is 0 Å². The summed E-state index contributed by atoms with van der Waals surface area (Å²) in [5.74, 6) is 0.472. The van der Waals surface area contributed by atoms with Gasteiger partial charge in [-0.25, -0.2) is 4.98 Å². The van der Waals surface area contributed by atoms with E-state index in [4.69, 9.17) is 0 Å². The topological polar surface area (TPSA) is 36.0 Å². The minimum absolute atomic E-state index is 0.303. The van der Waals surface area contributed by atoms with Gasteiger partial charge in [0, 0.05) is 0 Å². The smallest absolute Gasteiger partial charge is 0.416 e. The first-order chi connectivity index (χ1) is 10.9. The minimum atomic E-state index is -4.39. The molecule has 3 rings (SSSR count). The molecular formula is C16H12F3NOS2. The van der Waals surface area contributed by atoms with Crippen LogP contribution in [0.5, 0.6) is 0 Å². The molecule has 1 unspecified atom stereocenters. The average Bonchev–Trinajstić information content (AvgIpc) is 2.96. The third-order valence-electron chi connectivity index (χ3n) is 3.34. The Kier molecular flexibility index (Phi) is 4.35. The van der Waals surface area contributed by atoms with Crippen molar-refractivity contribution in [1.29, 1.82) is 0 Å². The van der Waals surface area contributed by atoms with Crippen LogP contribution in [0, 0.1) is 0 Å². The summed E-state index contributed by atoms with van der Waals surface area (Å²) in [4.78, 5) is 4.98. The lowest BCUT2D eigenvalue weighted by molar-refractivity contribution is -0.137. The number of fused-ring (bicyclic) bond motifs is 1. The van der Waals surface area contributed by atoms with E-state index in [9.17, 15) is 17.7 Å². The molecule has 0 N–H and O–H groups in total. The number of halogens is 3. The van der Waals surface area contributed by atoms with Gasteiger partial charge in [-0.05, 0) is 48.4 Å². The zero-order valence-corrected chi connectivity index (χ0v) is 13.7. The predicted octanol–water partition coefficient (Wildman–Crippen LogP) is 5.11. The van der Waals surface area contributed by atoms with Crippen LogP contribution in [0.25, 0.3) is 20.8 Å². The summed E-state index contributed by atoms with van der Waals surface area (Å²) in [5.41, 5.74) is 0.298. The summed E-state index contributed by atoms with van der Waals surface area (Å²) < 4.78 is 51.2. The largest absolute Gasteiger partial charge is 0.611 e. The van der Waals surface area contributed by atoms with Crippen molar-refractivity contribution in [3.63, 3.8) is 0 Å². The van der Waals surface area contributed by atoms with Crippen LogP contribution in [-0.2, 0) is 17.4 Å². The number of benzene rings is 2. The van der Waals surface area contributed by atoms with Crippen molar-refractivity contribution in [2.24, 2.45) is 0 Å². The lowest BCUT2D eigenvalue weighted by atomic mass is 10.2. The Labute approximate surface area is 138 Å². The first-order valence-corrected chi connectivity index (χ1v) is 8.99. The number of aromatic nitrogens is 1. The Morgan fingerprint density at radius 2 is 1.91 bits per heavy atom. The molecule has 2 nitrogen and oxygen atoms in total. The number of rotatable bonds is 3. The monoisotopic (exact) mass is 355 g/mol. The molecule has 0 aliphatic rings. The summed E-state index contributed by atoms with van der Waals surface area (Å²) >= 11 is 0.143. The SMILES string of the molecule is CC[S+]([O-])c1ccccc1-c1nc2cc(C(F)(F)F)ccc2s1. The summed E-state index contributed by atoms with van der Waals surface area (Å²) in [6.07, 6.45) is -4.39. The van der Waals surface area contributed by atoms with Crippen LogP contribution in [0.2, 0.25) is 0 Å². The van der Waals surface area contributed by atoms with Gasteiger partial charge in [0.2, 0.25) is 0 Å². The Bertz CT molecular complexity index is 845. The Hall–Kier alpha value is -1.57. The highest BCUT2D eigenvalue weighted by Gasteiger charge is 2.31. The molecule has 0 aliphatic carbocycles. The van der Waals surface area contributed by atoms with Crippen molar-refractivity contribution in [3.8, 4) is 10.6 Å². The van der Waals surface area contributed by atoms with Gasteiger partial charge in [-0.15, -0.1) is 11.3 Å². The van der Waals surface area contributed by atoms with Crippen LogP contribution in [-0.4, -0.2) is 15.3 Å². The molecule has 1 atom stereocenters. The summed E-state index contributed by atoms with van der Waals surface area (Å²) in [7, 11) is 0. The second kappa shape index (κ2) is 6.14. The van der Waals surface area contributed by atoms with E-state index in [0.29, 0.717) is 31.4 Å². The van der Waals surface area contributed by atoms with Gasteiger partial charge in [0.15, 0.2) is 4.90 Å². The number of alkyl halides is 3. The van der Waals surface area contributed by atoms with Crippen LogP contribution in [0.4, 0.5) is 13.2 Å². The third kappa shape index (κ3) is 3.22. The van der Waals surface area contributed by atoms with Gasteiger partial charge in [-0.3, -0.25) is 0 Å². The third-order valence-corrected chi connectivity index (χ3v) is 5.78. The van der Waals surface area contributed by atoms with Crippen LogP contribution in [0.15, 0.2) is 47.4 Å². The van der Waals surface area contributed by atoms with E-state index in [0.717, 1.165) is 12.1 Å². The van der Waals surface area contributed by atoms with E-state index in [1.165, 1.54) is 17.4 Å². The molecule has 0 saturated heterocycles. The maximum atomic E-state index is 12.8. The van der Waals surface area contributed by atoms with Crippen LogP contribution < -0.4 is 0 Å². The molecule has 0 spiro atoms. The zero-order chi connectivity index (χ0) is 16.6. The molecule has 0 bridgehead atoms. The summed E-state index contributed by atoms with van der Waals surface area (Å²) in [5, 5.41) is 0.580. The second-order valence-corrected chi connectivity index (χ2v) is 7.57. The van der Waals surface area contributed by atoms with Gasteiger partial charge in [-0.2, -0.15) is 13.2 Å². The maximum absolute atomic E-state index is 12.8. The van der Waals surface area contributed by atoms with E-state index in [-0.39, 0.29) is 0 Å². The molecular weight excluding hydrogens is 343 g/mol. The molecule has 0 radical (unpaired) electrons. The van der Waals surface area contributed by atoms with Crippen molar-refractivity contribution in [3.05, 3.63) is 48.0 Å². The number of hydrogen-bond acceptors (Lipinski definition) is 3. The molecule has 0 saturated carbocycles. The Morgan fingerprint density at radius 3 is 2.61 bits per heavy atom. The highest BCUT2D eigenvalue weighted by molar-refractivity contribution is 7.91. The van der Waals surface area contributed by atoms with Gasteiger partial charge >= 0.3 is 6.18 Å². The first-order valence-electron chi connectivity index (χ1n) is 6.85. The first kappa shape index (κ1) is 16.3. The molecule has 0 amide bonds. The Balaban J connectivity index is 2.12. The van der Waals surface area contributed by atoms with Crippen molar-refractivity contribution >= 4 is 32.7 Å². The number of thiazole rings is 1. The van der Waals surface area contributed by atoms with E-state index in [2.05, 4.69) is 4.98 Å². The van der Waals surface area contributed by atoms with Crippen LogP contribution >= 0.6 is 11.3 Å². The van der Waals surface area contributed by atoms with Gasteiger partial charge in [0.1, 0.15) is 10.8 Å². The minimum Gasteiger partial charge on any atom is -0.611 e.